The van der Waals surface area contributed by atoms with Gasteiger partial charge in [0.1, 0.15) is 23.6 Å². The van der Waals surface area contributed by atoms with Gasteiger partial charge in [-0.3, -0.25) is 19.7 Å². The molecular formula is C41H44F3N5O5. The minimum atomic E-state index is -4.57. The van der Waals surface area contributed by atoms with Crippen LogP contribution < -0.4 is 19.7 Å². The number of likely N-dealkylation sites (tertiary alicyclic amines) is 1. The van der Waals surface area contributed by atoms with Crippen molar-refractivity contribution in [3.05, 3.63) is 88.5 Å². The van der Waals surface area contributed by atoms with E-state index in [0.717, 1.165) is 81.3 Å². The molecule has 284 valence electrons. The van der Waals surface area contributed by atoms with E-state index >= 15 is 0 Å². The third-order valence-corrected chi connectivity index (χ3v) is 11.1. The van der Waals surface area contributed by atoms with E-state index in [2.05, 4.69) is 22.3 Å². The van der Waals surface area contributed by atoms with Crippen LogP contribution in [0.4, 0.5) is 18.9 Å². The summed E-state index contributed by atoms with van der Waals surface area (Å²) in [5.74, 6) is 0.971. The van der Waals surface area contributed by atoms with Gasteiger partial charge in [0, 0.05) is 50.4 Å². The molecule has 0 radical (unpaired) electrons. The van der Waals surface area contributed by atoms with Gasteiger partial charge in [-0.05, 0) is 117 Å². The highest BCUT2D eigenvalue weighted by Gasteiger charge is 2.39. The number of nitrogens with one attached hydrogen (secondary N) is 1. The molecule has 1 atom stereocenters. The van der Waals surface area contributed by atoms with E-state index in [4.69, 9.17) is 14.7 Å². The number of hydrogen-bond acceptors (Lipinski definition) is 8. The molecule has 0 bridgehead atoms. The maximum atomic E-state index is 13.4. The molecule has 3 saturated heterocycles. The third kappa shape index (κ3) is 8.49. The highest BCUT2D eigenvalue weighted by atomic mass is 19.4. The molecule has 0 saturated carbocycles. The third-order valence-electron chi connectivity index (χ3n) is 11.1. The van der Waals surface area contributed by atoms with Gasteiger partial charge >= 0.3 is 6.18 Å². The van der Waals surface area contributed by atoms with E-state index in [1.807, 2.05) is 29.2 Å². The Morgan fingerprint density at radius 3 is 2.30 bits per heavy atom. The van der Waals surface area contributed by atoms with Crippen molar-refractivity contribution in [1.82, 2.24) is 15.1 Å². The fraction of sp³-hybridized carbons (Fsp3) is 0.463. The first kappa shape index (κ1) is 37.2. The van der Waals surface area contributed by atoms with Gasteiger partial charge in [-0.15, -0.1) is 0 Å². The Balaban J connectivity index is 0.782. The van der Waals surface area contributed by atoms with Crippen molar-refractivity contribution in [1.29, 1.82) is 5.26 Å². The number of nitriles is 1. The minimum Gasteiger partial charge on any atom is -0.494 e. The van der Waals surface area contributed by atoms with E-state index in [9.17, 15) is 27.6 Å². The number of imide groups is 1. The lowest BCUT2D eigenvalue weighted by atomic mass is 9.89. The normalized spacial score (nSPS) is 20.1. The highest BCUT2D eigenvalue weighted by Crippen LogP contribution is 2.37. The molecule has 4 aliphatic heterocycles. The lowest BCUT2D eigenvalue weighted by molar-refractivity contribution is -0.138. The molecule has 3 aromatic carbocycles. The number of unbranched alkanes of at least 4 members (excludes halogenated alkanes) is 1. The maximum Gasteiger partial charge on any atom is 0.417 e. The van der Waals surface area contributed by atoms with Gasteiger partial charge in [-0.2, -0.15) is 18.4 Å². The fourth-order valence-electron chi connectivity index (χ4n) is 8.06. The van der Waals surface area contributed by atoms with Gasteiger partial charge in [0.05, 0.1) is 23.8 Å². The first-order chi connectivity index (χ1) is 26.1. The largest absolute Gasteiger partial charge is 0.494 e. The molecule has 3 fully saturated rings. The summed E-state index contributed by atoms with van der Waals surface area (Å²) in [5.41, 5.74) is 1.88. The predicted octanol–water partition coefficient (Wildman–Crippen LogP) is 6.42. The van der Waals surface area contributed by atoms with Gasteiger partial charge < -0.3 is 24.2 Å². The molecule has 4 heterocycles. The Morgan fingerprint density at radius 1 is 0.852 bits per heavy atom. The van der Waals surface area contributed by atoms with Crippen LogP contribution in [0.15, 0.2) is 60.7 Å². The molecule has 10 nitrogen and oxygen atoms in total. The highest BCUT2D eigenvalue weighted by molar-refractivity contribution is 6.05. The smallest absolute Gasteiger partial charge is 0.417 e. The number of nitrogens with zero attached hydrogens (tertiary/aromatic N) is 4. The summed E-state index contributed by atoms with van der Waals surface area (Å²) in [6.45, 7) is 5.12. The summed E-state index contributed by atoms with van der Waals surface area (Å²) in [4.78, 5) is 42.8. The number of piperidine rings is 3. The van der Waals surface area contributed by atoms with Crippen LogP contribution in [0.25, 0.3) is 0 Å². The standard InChI is InChI=1S/C41H44F3N5O5/c42-41(43,44)36-24-31(6-3-29(36)25-45)48-20-13-28(14-21-48)27-4-7-32(8-5-27)53-22-2-1-17-47-18-15-33(16-19-47)54-34-9-10-35-30(23-34)26-49(40(35)52)37-11-12-38(50)46-39(37)51/h3-10,23-24,28,33,37H,1-2,11-22,26H2,(H,46,50,51). The Morgan fingerprint density at radius 2 is 1.59 bits per heavy atom. The average molecular weight is 744 g/mol. The minimum absolute atomic E-state index is 0.0931. The van der Waals surface area contributed by atoms with Crippen LogP contribution in [0.5, 0.6) is 11.5 Å². The molecule has 1 unspecified atom stereocenters. The predicted molar refractivity (Wildman–Crippen MR) is 194 cm³/mol. The molecule has 13 heteroatoms. The topological polar surface area (TPSA) is 115 Å². The second-order valence-electron chi connectivity index (χ2n) is 14.6. The first-order valence-electron chi connectivity index (χ1n) is 18.8. The summed E-state index contributed by atoms with van der Waals surface area (Å²) < 4.78 is 52.7. The number of benzene rings is 3. The van der Waals surface area contributed by atoms with Crippen molar-refractivity contribution >= 4 is 23.4 Å². The molecular weight excluding hydrogens is 699 g/mol. The van der Waals surface area contributed by atoms with E-state index < -0.39 is 23.7 Å². The van der Waals surface area contributed by atoms with Crippen molar-refractivity contribution in [2.45, 2.75) is 82.2 Å². The summed E-state index contributed by atoms with van der Waals surface area (Å²) in [7, 11) is 0. The number of hydrogen-bond donors (Lipinski definition) is 1. The van der Waals surface area contributed by atoms with Crippen molar-refractivity contribution in [3.63, 3.8) is 0 Å². The van der Waals surface area contributed by atoms with E-state index in [1.165, 1.54) is 11.6 Å². The number of ether oxygens (including phenoxy) is 2. The summed E-state index contributed by atoms with van der Waals surface area (Å²) in [6.07, 6.45) is 1.53. The van der Waals surface area contributed by atoms with E-state index in [0.29, 0.717) is 49.8 Å². The zero-order chi connectivity index (χ0) is 37.8. The monoisotopic (exact) mass is 743 g/mol. The zero-order valence-electron chi connectivity index (χ0n) is 30.1. The summed E-state index contributed by atoms with van der Waals surface area (Å²) >= 11 is 0. The Bertz CT molecular complexity index is 1900. The van der Waals surface area contributed by atoms with Crippen molar-refractivity contribution in [3.8, 4) is 17.6 Å². The average Bonchev–Trinajstić information content (AvgIpc) is 3.49. The van der Waals surface area contributed by atoms with Gasteiger partial charge in [0.2, 0.25) is 11.8 Å². The van der Waals surface area contributed by atoms with Gasteiger partial charge in [0.15, 0.2) is 0 Å². The van der Waals surface area contributed by atoms with Gasteiger partial charge in [-0.25, -0.2) is 0 Å². The van der Waals surface area contributed by atoms with Gasteiger partial charge in [-0.1, -0.05) is 12.1 Å². The van der Waals surface area contributed by atoms with Crippen LogP contribution in [-0.2, 0) is 22.3 Å². The fourth-order valence-corrected chi connectivity index (χ4v) is 8.06. The number of amides is 3. The lowest BCUT2D eigenvalue weighted by Gasteiger charge is -2.34. The molecule has 54 heavy (non-hydrogen) atoms. The van der Waals surface area contributed by atoms with Crippen LogP contribution >= 0.6 is 0 Å². The van der Waals surface area contributed by atoms with Crippen LogP contribution in [-0.4, -0.2) is 79.0 Å². The summed E-state index contributed by atoms with van der Waals surface area (Å²) in [6, 6.07) is 18.6. The van der Waals surface area contributed by atoms with Crippen LogP contribution in [0, 0.1) is 11.3 Å². The second-order valence-corrected chi connectivity index (χ2v) is 14.6. The number of anilines is 1. The Kier molecular flexibility index (Phi) is 11.1. The first-order valence-corrected chi connectivity index (χ1v) is 18.8. The lowest BCUT2D eigenvalue weighted by Crippen LogP contribution is -2.52. The number of rotatable bonds is 11. The number of carbonyl (C=O) groups excluding carboxylic acids is 3. The molecule has 0 aromatic heterocycles. The van der Waals surface area contributed by atoms with Crippen LogP contribution in [0.2, 0.25) is 0 Å². The molecule has 4 aliphatic rings. The number of alkyl halides is 3. The van der Waals surface area contributed by atoms with Crippen molar-refractivity contribution in [2.75, 3.05) is 44.2 Å². The molecule has 3 aromatic rings. The van der Waals surface area contributed by atoms with Crippen molar-refractivity contribution < 1.29 is 37.0 Å². The van der Waals surface area contributed by atoms with Crippen molar-refractivity contribution in [2.24, 2.45) is 0 Å². The number of halogens is 3. The maximum absolute atomic E-state index is 13.4. The molecule has 0 aliphatic carbocycles. The quantitative estimate of drug-likeness (QED) is 0.177. The Labute approximate surface area is 312 Å². The molecule has 1 N–H and O–H groups in total. The SMILES string of the molecule is N#Cc1ccc(N2CCC(c3ccc(OCCCCN4CCC(Oc5ccc6c(c5)CN(C5CCC(=O)NC5=O)C6=O)CC4)cc3)CC2)cc1C(F)(F)F. The van der Waals surface area contributed by atoms with Crippen LogP contribution in [0.3, 0.4) is 0 Å². The Hall–Kier alpha value is -5.09. The molecule has 3 amide bonds. The van der Waals surface area contributed by atoms with Crippen LogP contribution in [0.1, 0.15) is 89.9 Å². The van der Waals surface area contributed by atoms with E-state index in [-0.39, 0.29) is 29.9 Å². The molecule has 7 rings (SSSR count). The molecule has 0 spiro atoms. The van der Waals surface area contributed by atoms with Gasteiger partial charge in [0.25, 0.3) is 5.91 Å². The second kappa shape index (κ2) is 16.1. The zero-order valence-corrected chi connectivity index (χ0v) is 30.1. The number of fused-ring (bicyclic) bond motifs is 1. The number of carbonyl (C=O) groups is 3. The summed E-state index contributed by atoms with van der Waals surface area (Å²) in [5, 5.41) is 11.4. The van der Waals surface area contributed by atoms with E-state index in [1.54, 1.807) is 23.1 Å².